The summed E-state index contributed by atoms with van der Waals surface area (Å²) in [5.74, 6) is 1.77. The first-order valence-corrected chi connectivity index (χ1v) is 5.22. The molecule has 1 unspecified atom stereocenters. The summed E-state index contributed by atoms with van der Waals surface area (Å²) in [6, 6.07) is 0. The molecule has 4 nitrogen and oxygen atoms in total. The van der Waals surface area contributed by atoms with E-state index in [1.165, 1.54) is 12.8 Å². The van der Waals surface area contributed by atoms with Gasteiger partial charge < -0.3 is 15.0 Å². The predicted octanol–water partition coefficient (Wildman–Crippen LogP) is 0.926. The van der Waals surface area contributed by atoms with Crippen LogP contribution in [-0.4, -0.2) is 29.7 Å². The van der Waals surface area contributed by atoms with Crippen LogP contribution in [0.5, 0.6) is 0 Å². The Morgan fingerprint density at radius 3 is 3.36 bits per heavy atom. The molecule has 0 radical (unpaired) electrons. The Bertz CT molecular complexity index is 242. The fraction of sp³-hybridized carbons (Fsp3) is 0.700. The molecule has 1 aliphatic rings. The molecule has 14 heavy (non-hydrogen) atoms. The Morgan fingerprint density at radius 1 is 1.64 bits per heavy atom. The Morgan fingerprint density at radius 2 is 2.64 bits per heavy atom. The molecule has 0 bridgehead atoms. The minimum Gasteiger partial charge on any atom is -0.381 e. The van der Waals surface area contributed by atoms with Crippen molar-refractivity contribution in [1.82, 2.24) is 15.3 Å². The summed E-state index contributed by atoms with van der Waals surface area (Å²) in [5.41, 5.74) is 0. The van der Waals surface area contributed by atoms with E-state index in [4.69, 9.17) is 4.74 Å². The van der Waals surface area contributed by atoms with E-state index in [0.717, 1.165) is 38.0 Å². The zero-order valence-corrected chi connectivity index (χ0v) is 8.33. The summed E-state index contributed by atoms with van der Waals surface area (Å²) in [4.78, 5) is 7.21. The average molecular weight is 195 g/mol. The minimum absolute atomic E-state index is 0.763. The highest BCUT2D eigenvalue weighted by molar-refractivity contribution is 4.85. The van der Waals surface area contributed by atoms with Crippen LogP contribution in [0.2, 0.25) is 0 Å². The largest absolute Gasteiger partial charge is 0.381 e. The van der Waals surface area contributed by atoms with Crippen molar-refractivity contribution < 1.29 is 4.74 Å². The predicted molar refractivity (Wildman–Crippen MR) is 53.8 cm³/mol. The number of hydrogen-bond acceptors (Lipinski definition) is 3. The van der Waals surface area contributed by atoms with Gasteiger partial charge in [0.05, 0.1) is 6.54 Å². The smallest absolute Gasteiger partial charge is 0.120 e. The van der Waals surface area contributed by atoms with Gasteiger partial charge in [0.15, 0.2) is 0 Å². The summed E-state index contributed by atoms with van der Waals surface area (Å²) >= 11 is 0. The number of ether oxygens (including phenoxy) is 1. The van der Waals surface area contributed by atoms with E-state index in [9.17, 15) is 0 Å². The van der Waals surface area contributed by atoms with Gasteiger partial charge in [-0.25, -0.2) is 4.98 Å². The zero-order valence-electron chi connectivity index (χ0n) is 8.33. The number of rotatable bonds is 5. The van der Waals surface area contributed by atoms with Crippen molar-refractivity contribution in [2.24, 2.45) is 5.92 Å². The Hall–Kier alpha value is -0.870. The molecule has 0 amide bonds. The molecule has 1 atom stereocenters. The highest BCUT2D eigenvalue weighted by Crippen LogP contribution is 2.15. The molecule has 2 heterocycles. The van der Waals surface area contributed by atoms with Crippen molar-refractivity contribution in [1.29, 1.82) is 0 Å². The lowest BCUT2D eigenvalue weighted by Gasteiger charge is -2.07. The molecule has 2 rings (SSSR count). The van der Waals surface area contributed by atoms with E-state index in [1.54, 1.807) is 6.20 Å². The number of imidazole rings is 1. The van der Waals surface area contributed by atoms with Gasteiger partial charge in [-0.1, -0.05) is 0 Å². The third-order valence-corrected chi connectivity index (χ3v) is 2.60. The van der Waals surface area contributed by atoms with Gasteiger partial charge in [-0.3, -0.25) is 0 Å². The van der Waals surface area contributed by atoms with E-state index < -0.39 is 0 Å². The van der Waals surface area contributed by atoms with E-state index >= 15 is 0 Å². The van der Waals surface area contributed by atoms with Crippen molar-refractivity contribution in [2.75, 3.05) is 19.8 Å². The lowest BCUT2D eigenvalue weighted by Crippen LogP contribution is -2.18. The van der Waals surface area contributed by atoms with Gasteiger partial charge in [0.2, 0.25) is 0 Å². The van der Waals surface area contributed by atoms with Crippen LogP contribution in [0.3, 0.4) is 0 Å². The van der Waals surface area contributed by atoms with Crippen LogP contribution >= 0.6 is 0 Å². The minimum atomic E-state index is 0.763. The second-order valence-electron chi connectivity index (χ2n) is 3.73. The van der Waals surface area contributed by atoms with E-state index in [1.807, 2.05) is 6.20 Å². The number of nitrogens with zero attached hydrogens (tertiary/aromatic N) is 1. The third-order valence-electron chi connectivity index (χ3n) is 2.60. The second-order valence-corrected chi connectivity index (χ2v) is 3.73. The van der Waals surface area contributed by atoms with Gasteiger partial charge in [0.25, 0.3) is 0 Å². The molecule has 1 saturated heterocycles. The SMILES string of the molecule is c1c[nH]c(CNCCC2CCOC2)n1. The van der Waals surface area contributed by atoms with Crippen LogP contribution in [0.4, 0.5) is 0 Å². The first-order valence-electron chi connectivity index (χ1n) is 5.22. The monoisotopic (exact) mass is 195 g/mol. The Labute approximate surface area is 84.1 Å². The first-order chi connectivity index (χ1) is 6.95. The topological polar surface area (TPSA) is 49.9 Å². The second kappa shape index (κ2) is 5.12. The average Bonchev–Trinajstić information content (AvgIpc) is 2.86. The molecular formula is C10H17N3O. The molecule has 1 aliphatic heterocycles. The fourth-order valence-electron chi connectivity index (χ4n) is 1.72. The number of aromatic nitrogens is 2. The number of aromatic amines is 1. The maximum atomic E-state index is 5.31. The highest BCUT2D eigenvalue weighted by atomic mass is 16.5. The van der Waals surface area contributed by atoms with Gasteiger partial charge in [-0.2, -0.15) is 0 Å². The van der Waals surface area contributed by atoms with Gasteiger partial charge in [0.1, 0.15) is 5.82 Å². The Kier molecular flexibility index (Phi) is 3.54. The van der Waals surface area contributed by atoms with Gasteiger partial charge in [0, 0.05) is 25.6 Å². The summed E-state index contributed by atoms with van der Waals surface area (Å²) < 4.78 is 5.31. The van der Waals surface area contributed by atoms with E-state index in [2.05, 4.69) is 15.3 Å². The summed E-state index contributed by atoms with van der Waals surface area (Å²) in [6.07, 6.45) is 6.06. The normalized spacial score (nSPS) is 21.6. The van der Waals surface area contributed by atoms with Gasteiger partial charge in [-0.15, -0.1) is 0 Å². The van der Waals surface area contributed by atoms with E-state index in [-0.39, 0.29) is 0 Å². The number of nitrogens with one attached hydrogen (secondary N) is 2. The van der Waals surface area contributed by atoms with E-state index in [0.29, 0.717) is 0 Å². The lowest BCUT2D eigenvalue weighted by atomic mass is 10.1. The molecule has 0 spiro atoms. The van der Waals surface area contributed by atoms with Crippen LogP contribution in [0.15, 0.2) is 12.4 Å². The van der Waals surface area contributed by atoms with Gasteiger partial charge in [-0.05, 0) is 25.3 Å². The zero-order chi connectivity index (χ0) is 9.64. The van der Waals surface area contributed by atoms with Gasteiger partial charge >= 0.3 is 0 Å². The highest BCUT2D eigenvalue weighted by Gasteiger charge is 2.14. The van der Waals surface area contributed by atoms with Crippen LogP contribution in [0, 0.1) is 5.92 Å². The molecule has 4 heteroatoms. The molecule has 1 aromatic rings. The molecule has 1 fully saturated rings. The quantitative estimate of drug-likeness (QED) is 0.687. The van der Waals surface area contributed by atoms with Crippen molar-refractivity contribution in [3.63, 3.8) is 0 Å². The molecule has 78 valence electrons. The van der Waals surface area contributed by atoms with Crippen LogP contribution < -0.4 is 5.32 Å². The Balaban J connectivity index is 1.55. The molecule has 1 aromatic heterocycles. The summed E-state index contributed by atoms with van der Waals surface area (Å²) in [5, 5.41) is 3.37. The first kappa shape index (κ1) is 9.68. The van der Waals surface area contributed by atoms with Crippen LogP contribution in [-0.2, 0) is 11.3 Å². The number of hydrogen-bond donors (Lipinski definition) is 2. The summed E-state index contributed by atoms with van der Waals surface area (Å²) in [6.45, 7) is 3.78. The lowest BCUT2D eigenvalue weighted by molar-refractivity contribution is 0.184. The maximum absolute atomic E-state index is 5.31. The summed E-state index contributed by atoms with van der Waals surface area (Å²) in [7, 11) is 0. The standard InChI is InChI=1S/C10H17N3O/c1(9-2-6-14-8-9)3-11-7-10-12-4-5-13-10/h4-5,9,11H,1-3,6-8H2,(H,12,13). The third kappa shape index (κ3) is 2.82. The van der Waals surface area contributed by atoms with Crippen molar-refractivity contribution in [3.8, 4) is 0 Å². The molecule has 0 aliphatic carbocycles. The van der Waals surface area contributed by atoms with Crippen molar-refractivity contribution in [2.45, 2.75) is 19.4 Å². The molecule has 2 N–H and O–H groups in total. The number of H-pyrrole nitrogens is 1. The van der Waals surface area contributed by atoms with Crippen LogP contribution in [0.25, 0.3) is 0 Å². The fourth-order valence-corrected chi connectivity index (χ4v) is 1.72. The maximum Gasteiger partial charge on any atom is 0.120 e. The van der Waals surface area contributed by atoms with Crippen molar-refractivity contribution >= 4 is 0 Å². The molecular weight excluding hydrogens is 178 g/mol. The van der Waals surface area contributed by atoms with Crippen molar-refractivity contribution in [3.05, 3.63) is 18.2 Å². The molecule has 0 saturated carbocycles. The molecule has 0 aromatic carbocycles. The van der Waals surface area contributed by atoms with Crippen LogP contribution in [0.1, 0.15) is 18.7 Å².